The van der Waals surface area contributed by atoms with Crippen LogP contribution >= 0.6 is 0 Å². The fraction of sp³-hybridized carbons (Fsp3) is 0.348. The average Bonchev–Trinajstić information content (AvgIpc) is 2.78. The SMILES string of the molecule is CC[NH+](CC(=O)N[C@H](C)c1ccccc1)Cc1nc2cc(OC)c(OC)cc2c(=O)[nH]1. The van der Waals surface area contributed by atoms with E-state index in [2.05, 4.69) is 15.3 Å². The minimum atomic E-state index is -0.251. The van der Waals surface area contributed by atoms with Crippen molar-refractivity contribution >= 4 is 16.8 Å². The number of aromatic nitrogens is 2. The molecule has 0 bridgehead atoms. The van der Waals surface area contributed by atoms with E-state index in [1.54, 1.807) is 12.1 Å². The highest BCUT2D eigenvalue weighted by molar-refractivity contribution is 5.81. The predicted octanol–water partition coefficient (Wildman–Crippen LogP) is 1.22. The molecule has 0 radical (unpaired) electrons. The monoisotopic (exact) mass is 425 g/mol. The summed E-state index contributed by atoms with van der Waals surface area (Å²) in [6.45, 7) is 5.37. The van der Waals surface area contributed by atoms with Crippen LogP contribution in [0.15, 0.2) is 47.3 Å². The summed E-state index contributed by atoms with van der Waals surface area (Å²) < 4.78 is 10.6. The zero-order chi connectivity index (χ0) is 22.4. The summed E-state index contributed by atoms with van der Waals surface area (Å²) in [6.07, 6.45) is 0. The van der Waals surface area contributed by atoms with Crippen LogP contribution in [0.2, 0.25) is 0 Å². The van der Waals surface area contributed by atoms with Crippen LogP contribution in [0.1, 0.15) is 31.3 Å². The predicted molar refractivity (Wildman–Crippen MR) is 119 cm³/mol. The molecule has 3 aromatic rings. The highest BCUT2D eigenvalue weighted by Crippen LogP contribution is 2.29. The number of aromatic amines is 1. The normalized spacial score (nSPS) is 12.9. The van der Waals surface area contributed by atoms with Crippen molar-refractivity contribution in [2.75, 3.05) is 27.3 Å². The Kier molecular flexibility index (Phi) is 7.25. The summed E-state index contributed by atoms with van der Waals surface area (Å²) in [7, 11) is 3.06. The van der Waals surface area contributed by atoms with Gasteiger partial charge in [-0.15, -0.1) is 0 Å². The number of methoxy groups -OCH3 is 2. The first-order valence-corrected chi connectivity index (χ1v) is 10.3. The van der Waals surface area contributed by atoms with Gasteiger partial charge in [0.2, 0.25) is 0 Å². The zero-order valence-electron chi connectivity index (χ0n) is 18.3. The van der Waals surface area contributed by atoms with E-state index >= 15 is 0 Å². The van der Waals surface area contributed by atoms with Crippen LogP contribution in [0.4, 0.5) is 0 Å². The van der Waals surface area contributed by atoms with Crippen LogP contribution in [0, 0.1) is 0 Å². The Morgan fingerprint density at radius 3 is 2.48 bits per heavy atom. The maximum atomic E-state index is 12.6. The third-order valence-electron chi connectivity index (χ3n) is 5.26. The number of ether oxygens (including phenoxy) is 2. The number of fused-ring (bicyclic) bond motifs is 1. The van der Waals surface area contributed by atoms with Crippen molar-refractivity contribution in [3.63, 3.8) is 0 Å². The average molecular weight is 426 g/mol. The summed E-state index contributed by atoms with van der Waals surface area (Å²) in [4.78, 5) is 33.5. The number of H-pyrrole nitrogens is 1. The van der Waals surface area contributed by atoms with Crippen LogP contribution < -0.4 is 25.2 Å². The number of carbonyl (C=O) groups excluding carboxylic acids is 1. The van der Waals surface area contributed by atoms with Crippen molar-refractivity contribution in [3.05, 3.63) is 64.2 Å². The quantitative estimate of drug-likeness (QED) is 0.479. The smallest absolute Gasteiger partial charge is 0.275 e. The van der Waals surface area contributed by atoms with Gasteiger partial charge in [-0.2, -0.15) is 0 Å². The van der Waals surface area contributed by atoms with Gasteiger partial charge in [-0.05, 0) is 25.5 Å². The van der Waals surface area contributed by atoms with E-state index in [0.29, 0.717) is 41.3 Å². The Bertz CT molecular complexity index is 1100. The topological polar surface area (TPSA) is 97.8 Å². The van der Waals surface area contributed by atoms with E-state index < -0.39 is 0 Å². The second-order valence-corrected chi connectivity index (χ2v) is 7.39. The van der Waals surface area contributed by atoms with Gasteiger partial charge in [-0.3, -0.25) is 9.59 Å². The van der Waals surface area contributed by atoms with Crippen LogP contribution in [0.25, 0.3) is 10.9 Å². The molecule has 3 rings (SSSR count). The molecule has 1 aromatic heterocycles. The number of hydrogen-bond donors (Lipinski definition) is 3. The molecule has 31 heavy (non-hydrogen) atoms. The van der Waals surface area contributed by atoms with Crippen molar-refractivity contribution in [1.29, 1.82) is 0 Å². The number of nitrogens with zero attached hydrogens (tertiary/aromatic N) is 1. The third-order valence-corrected chi connectivity index (χ3v) is 5.26. The Morgan fingerprint density at radius 1 is 1.16 bits per heavy atom. The van der Waals surface area contributed by atoms with Crippen molar-refractivity contribution in [2.45, 2.75) is 26.4 Å². The van der Waals surface area contributed by atoms with E-state index in [4.69, 9.17) is 9.47 Å². The van der Waals surface area contributed by atoms with Crippen LogP contribution in [-0.4, -0.2) is 43.2 Å². The third kappa shape index (κ3) is 5.40. The van der Waals surface area contributed by atoms with Gasteiger partial charge in [0.25, 0.3) is 11.5 Å². The minimum Gasteiger partial charge on any atom is -0.493 e. The molecule has 0 spiro atoms. The second-order valence-electron chi connectivity index (χ2n) is 7.39. The number of likely N-dealkylation sites (N-methyl/N-ethyl adjacent to an activating group) is 1. The van der Waals surface area contributed by atoms with E-state index in [1.807, 2.05) is 44.2 Å². The van der Waals surface area contributed by atoms with Crippen LogP contribution in [0.3, 0.4) is 0 Å². The van der Waals surface area contributed by atoms with Crippen molar-refractivity contribution in [2.24, 2.45) is 0 Å². The van der Waals surface area contributed by atoms with Crippen molar-refractivity contribution in [3.8, 4) is 11.5 Å². The number of nitrogens with one attached hydrogen (secondary N) is 3. The Hall–Kier alpha value is -3.39. The molecular weight excluding hydrogens is 396 g/mol. The number of amides is 1. The lowest BCUT2D eigenvalue weighted by molar-refractivity contribution is -0.904. The fourth-order valence-electron chi connectivity index (χ4n) is 3.49. The molecule has 0 aliphatic heterocycles. The summed E-state index contributed by atoms with van der Waals surface area (Å²) >= 11 is 0. The molecule has 0 fully saturated rings. The standard InChI is InChI=1S/C23H28N4O4/c1-5-27(14-22(28)24-15(2)16-9-7-6-8-10-16)13-21-25-18-12-20(31-4)19(30-3)11-17(18)23(29)26-21/h6-12,15H,5,13-14H2,1-4H3,(H,24,28)(H,25,26,29)/p+1/t15-/m1/s1. The largest absolute Gasteiger partial charge is 0.493 e. The van der Waals surface area contributed by atoms with Gasteiger partial charge in [0.1, 0.15) is 6.54 Å². The molecule has 1 amide bonds. The van der Waals surface area contributed by atoms with E-state index in [9.17, 15) is 9.59 Å². The van der Waals surface area contributed by atoms with Crippen LogP contribution in [-0.2, 0) is 11.3 Å². The van der Waals surface area contributed by atoms with E-state index in [1.165, 1.54) is 14.2 Å². The number of carbonyl (C=O) groups is 1. The Morgan fingerprint density at radius 2 is 1.84 bits per heavy atom. The number of benzene rings is 2. The molecule has 164 valence electrons. The van der Waals surface area contributed by atoms with Crippen molar-refractivity contribution < 1.29 is 19.2 Å². The van der Waals surface area contributed by atoms with E-state index in [-0.39, 0.29) is 24.1 Å². The Labute approximate surface area is 181 Å². The molecule has 8 heteroatoms. The lowest BCUT2D eigenvalue weighted by atomic mass is 10.1. The minimum absolute atomic E-state index is 0.0530. The second kappa shape index (κ2) is 10.1. The van der Waals surface area contributed by atoms with Gasteiger partial charge in [0, 0.05) is 6.07 Å². The molecule has 0 saturated heterocycles. The molecule has 3 N–H and O–H groups in total. The molecule has 0 saturated carbocycles. The maximum Gasteiger partial charge on any atom is 0.275 e. The fourth-order valence-corrected chi connectivity index (χ4v) is 3.49. The van der Waals surface area contributed by atoms with Crippen LogP contribution in [0.5, 0.6) is 11.5 Å². The maximum absolute atomic E-state index is 12.6. The summed E-state index contributed by atoms with van der Waals surface area (Å²) in [6, 6.07) is 13.1. The number of rotatable bonds is 9. The number of quaternary nitrogens is 1. The van der Waals surface area contributed by atoms with E-state index in [0.717, 1.165) is 10.5 Å². The molecule has 2 atom stereocenters. The first-order chi connectivity index (χ1) is 14.9. The molecule has 1 heterocycles. The van der Waals surface area contributed by atoms with Crippen molar-refractivity contribution in [1.82, 2.24) is 15.3 Å². The highest BCUT2D eigenvalue weighted by atomic mass is 16.5. The first kappa shape index (κ1) is 22.3. The molecular formula is C23H29N4O4+. The molecule has 0 aliphatic rings. The lowest BCUT2D eigenvalue weighted by Crippen LogP contribution is -3.11. The first-order valence-electron chi connectivity index (χ1n) is 10.3. The van der Waals surface area contributed by atoms with Gasteiger partial charge in [0.15, 0.2) is 23.9 Å². The summed E-state index contributed by atoms with van der Waals surface area (Å²) in [5, 5.41) is 3.46. The lowest BCUT2D eigenvalue weighted by Gasteiger charge is -2.19. The molecule has 1 unspecified atom stereocenters. The Balaban J connectivity index is 1.73. The molecule has 8 nitrogen and oxygen atoms in total. The van der Waals surface area contributed by atoms with Gasteiger partial charge in [-0.1, -0.05) is 30.3 Å². The van der Waals surface area contributed by atoms with Gasteiger partial charge < -0.3 is 24.7 Å². The highest BCUT2D eigenvalue weighted by Gasteiger charge is 2.18. The summed E-state index contributed by atoms with van der Waals surface area (Å²) in [5.41, 5.74) is 1.33. The van der Waals surface area contributed by atoms with Gasteiger partial charge in [0.05, 0.1) is 37.7 Å². The molecule has 2 aromatic carbocycles. The number of hydrogen-bond acceptors (Lipinski definition) is 5. The summed E-state index contributed by atoms with van der Waals surface area (Å²) in [5.74, 6) is 1.45. The van der Waals surface area contributed by atoms with Gasteiger partial charge >= 0.3 is 0 Å². The zero-order valence-corrected chi connectivity index (χ0v) is 18.3. The molecule has 0 aliphatic carbocycles. The van der Waals surface area contributed by atoms with Gasteiger partial charge in [-0.25, -0.2) is 4.98 Å².